The molecule has 0 aliphatic carbocycles. The minimum absolute atomic E-state index is 0.285. The molecule has 0 saturated carbocycles. The number of anilines is 3. The van der Waals surface area contributed by atoms with E-state index < -0.39 is 10.9 Å². The van der Waals surface area contributed by atoms with E-state index in [1.54, 1.807) is 24.5 Å². The first-order chi connectivity index (χ1) is 15.6. The van der Waals surface area contributed by atoms with Gasteiger partial charge < -0.3 is 20.7 Å². The van der Waals surface area contributed by atoms with Crippen LogP contribution in [0.15, 0.2) is 34.1 Å². The van der Waals surface area contributed by atoms with Crippen LogP contribution in [-0.2, 0) is 9.57 Å². The Morgan fingerprint density at radius 2 is 1.75 bits per heavy atom. The summed E-state index contributed by atoms with van der Waals surface area (Å²) in [6.45, 7) is 5.50. The normalized spacial score (nSPS) is 14.2. The van der Waals surface area contributed by atoms with E-state index in [1.165, 1.54) is 0 Å². The summed E-state index contributed by atoms with van der Waals surface area (Å²) >= 11 is 0. The maximum atomic E-state index is 11.8. The van der Waals surface area contributed by atoms with Crippen LogP contribution in [0.5, 0.6) is 0 Å². The molecule has 4 N–H and O–H groups in total. The van der Waals surface area contributed by atoms with Crippen LogP contribution in [0.2, 0.25) is 0 Å². The second-order valence-corrected chi connectivity index (χ2v) is 7.42. The molecule has 1 aromatic heterocycles. The predicted octanol–water partition coefficient (Wildman–Crippen LogP) is 0.566. The molecule has 174 valence electrons. The van der Waals surface area contributed by atoms with Gasteiger partial charge in [0.05, 0.1) is 19.8 Å². The van der Waals surface area contributed by atoms with E-state index in [0.717, 1.165) is 52.1 Å². The number of hydroxylamine groups is 1. The number of hydrogen-bond donors (Lipinski definition) is 4. The number of carbonyl (C=O) groups excluding carboxylic acids is 1. The molecule has 1 aliphatic rings. The third-order valence-electron chi connectivity index (χ3n) is 5.08. The van der Waals surface area contributed by atoms with Gasteiger partial charge in [-0.15, -0.1) is 0 Å². The number of nitrogens with zero attached hydrogens (tertiary/aromatic N) is 2. The lowest BCUT2D eigenvalue weighted by atomic mass is 10.1. The van der Waals surface area contributed by atoms with Gasteiger partial charge in [-0.1, -0.05) is 0 Å². The second kappa shape index (κ2) is 12.7. The lowest BCUT2D eigenvalue weighted by Crippen LogP contribution is -2.41. The molecule has 0 unspecified atom stereocenters. The van der Waals surface area contributed by atoms with Crippen LogP contribution in [0.3, 0.4) is 0 Å². The molecule has 2 aromatic rings. The predicted molar refractivity (Wildman–Crippen MR) is 121 cm³/mol. The van der Waals surface area contributed by atoms with Crippen molar-refractivity contribution in [2.75, 3.05) is 63.2 Å². The minimum atomic E-state index is -0.522. The summed E-state index contributed by atoms with van der Waals surface area (Å²) in [6.07, 6.45) is 5.65. The Labute approximate surface area is 186 Å². The molecule has 2 amide bonds. The molecular formula is C21H30N6O5. The smallest absolute Gasteiger partial charge is 0.338 e. The Kier molecular flexibility index (Phi) is 9.41. The summed E-state index contributed by atoms with van der Waals surface area (Å²) in [4.78, 5) is 46.6. The molecule has 0 spiro atoms. The number of pyridine rings is 1. The molecule has 11 nitrogen and oxygen atoms in total. The molecule has 3 rings (SSSR count). The first-order valence-electron chi connectivity index (χ1n) is 10.8. The number of nitrogens with one attached hydrogen (secondary N) is 4. The molecule has 1 aromatic carbocycles. The lowest BCUT2D eigenvalue weighted by Gasteiger charge is -2.26. The number of hydrogen-bond acceptors (Lipinski definition) is 9. The largest absolute Gasteiger partial charge is 0.380 e. The summed E-state index contributed by atoms with van der Waals surface area (Å²) in [5.74, 6) is 0. The Bertz CT molecular complexity index is 909. The molecule has 0 bridgehead atoms. The van der Waals surface area contributed by atoms with Gasteiger partial charge in [0.25, 0.3) is 10.9 Å². The number of rotatable bonds is 13. The van der Waals surface area contributed by atoms with Crippen molar-refractivity contribution in [3.63, 3.8) is 0 Å². The average Bonchev–Trinajstić information content (AvgIpc) is 2.83. The number of carbonyl (C=O) groups is 1. The highest BCUT2D eigenvalue weighted by Crippen LogP contribution is 2.19. The van der Waals surface area contributed by atoms with Crippen molar-refractivity contribution in [2.24, 2.45) is 0 Å². The van der Waals surface area contributed by atoms with E-state index in [4.69, 9.17) is 9.57 Å². The van der Waals surface area contributed by atoms with E-state index >= 15 is 0 Å². The molecule has 1 saturated heterocycles. The SMILES string of the molecule is O=C(NCCCCCNc1c(Nc2ccncc2)c(=O)c1=O)NOCCN1CCOCC1. The van der Waals surface area contributed by atoms with Gasteiger partial charge in [-0.05, 0) is 31.4 Å². The third kappa shape index (κ3) is 7.29. The minimum Gasteiger partial charge on any atom is -0.380 e. The van der Waals surface area contributed by atoms with Gasteiger partial charge >= 0.3 is 6.03 Å². The fourth-order valence-electron chi connectivity index (χ4n) is 3.25. The van der Waals surface area contributed by atoms with Gasteiger partial charge in [0, 0.05) is 50.8 Å². The summed E-state index contributed by atoms with van der Waals surface area (Å²) < 4.78 is 5.28. The van der Waals surface area contributed by atoms with Gasteiger partial charge in [-0.2, -0.15) is 0 Å². The van der Waals surface area contributed by atoms with Crippen LogP contribution in [0, 0.1) is 0 Å². The molecule has 1 aliphatic heterocycles. The highest BCUT2D eigenvalue weighted by molar-refractivity contribution is 5.78. The maximum Gasteiger partial charge on any atom is 0.338 e. The average molecular weight is 447 g/mol. The Hall–Kier alpha value is -3.02. The molecule has 2 heterocycles. The van der Waals surface area contributed by atoms with Crippen molar-refractivity contribution in [3.8, 4) is 0 Å². The van der Waals surface area contributed by atoms with Gasteiger partial charge in [-0.3, -0.25) is 24.3 Å². The van der Waals surface area contributed by atoms with Crippen molar-refractivity contribution in [1.29, 1.82) is 0 Å². The fraction of sp³-hybridized carbons (Fsp3) is 0.524. The lowest BCUT2D eigenvalue weighted by molar-refractivity contribution is 0.00502. The summed E-state index contributed by atoms with van der Waals surface area (Å²) in [5, 5.41) is 8.72. The van der Waals surface area contributed by atoms with E-state index in [0.29, 0.717) is 31.1 Å². The van der Waals surface area contributed by atoms with Crippen molar-refractivity contribution in [3.05, 3.63) is 45.0 Å². The molecule has 11 heteroatoms. The number of morpholine rings is 1. The van der Waals surface area contributed by atoms with E-state index in [2.05, 4.69) is 31.3 Å². The zero-order valence-corrected chi connectivity index (χ0v) is 18.0. The van der Waals surface area contributed by atoms with Crippen molar-refractivity contribution in [1.82, 2.24) is 20.7 Å². The zero-order valence-electron chi connectivity index (χ0n) is 18.0. The highest BCUT2D eigenvalue weighted by Gasteiger charge is 2.20. The standard InChI is InChI=1S/C21H30N6O5/c28-19-17(18(20(19)29)25-16-4-8-22-9-5-16)23-6-2-1-3-7-24-21(30)26-32-15-12-27-10-13-31-14-11-27/h4-5,8-9,23H,1-3,6-7,10-15H2,(H,22,25)(H2,24,26,30). The quantitative estimate of drug-likeness (QED) is 0.198. The zero-order chi connectivity index (χ0) is 22.6. The van der Waals surface area contributed by atoms with Crippen molar-refractivity contribution < 1.29 is 14.4 Å². The third-order valence-corrected chi connectivity index (χ3v) is 5.08. The van der Waals surface area contributed by atoms with Gasteiger partial charge in [0.2, 0.25) is 0 Å². The van der Waals surface area contributed by atoms with Crippen LogP contribution >= 0.6 is 0 Å². The second-order valence-electron chi connectivity index (χ2n) is 7.42. The van der Waals surface area contributed by atoms with Crippen LogP contribution in [0.4, 0.5) is 21.9 Å². The molecule has 32 heavy (non-hydrogen) atoms. The molecule has 0 atom stereocenters. The van der Waals surface area contributed by atoms with Gasteiger partial charge in [0.15, 0.2) is 0 Å². The van der Waals surface area contributed by atoms with Crippen molar-refractivity contribution in [2.45, 2.75) is 19.3 Å². The molecule has 1 fully saturated rings. The number of urea groups is 1. The summed E-state index contributed by atoms with van der Waals surface area (Å²) in [7, 11) is 0. The fourth-order valence-corrected chi connectivity index (χ4v) is 3.25. The van der Waals surface area contributed by atoms with Gasteiger partial charge in [-0.25, -0.2) is 10.3 Å². The molecule has 0 radical (unpaired) electrons. The Balaban J connectivity index is 1.21. The van der Waals surface area contributed by atoms with Crippen LogP contribution in [0.1, 0.15) is 19.3 Å². The van der Waals surface area contributed by atoms with E-state index in [9.17, 15) is 14.4 Å². The summed E-state index contributed by atoms with van der Waals surface area (Å²) in [6, 6.07) is 3.08. The number of ether oxygens (including phenoxy) is 1. The topological polar surface area (TPSA) is 134 Å². The van der Waals surface area contributed by atoms with Crippen LogP contribution in [0.25, 0.3) is 0 Å². The Morgan fingerprint density at radius 3 is 2.53 bits per heavy atom. The number of aromatic nitrogens is 1. The van der Waals surface area contributed by atoms with Crippen LogP contribution < -0.4 is 32.3 Å². The van der Waals surface area contributed by atoms with Gasteiger partial charge in [0.1, 0.15) is 11.4 Å². The maximum absolute atomic E-state index is 11.8. The highest BCUT2D eigenvalue weighted by atomic mass is 16.7. The van der Waals surface area contributed by atoms with E-state index in [1.807, 2.05) is 0 Å². The molecular weight excluding hydrogens is 416 g/mol. The number of amides is 2. The first kappa shape index (κ1) is 23.6. The number of unbranched alkanes of at least 4 members (excludes halogenated alkanes) is 2. The monoisotopic (exact) mass is 446 g/mol. The van der Waals surface area contributed by atoms with E-state index in [-0.39, 0.29) is 11.7 Å². The van der Waals surface area contributed by atoms with Crippen LogP contribution in [-0.4, -0.2) is 68.5 Å². The first-order valence-corrected chi connectivity index (χ1v) is 10.8. The Morgan fingerprint density at radius 1 is 1.03 bits per heavy atom. The summed E-state index contributed by atoms with van der Waals surface area (Å²) in [5.41, 5.74) is 2.66. The van der Waals surface area contributed by atoms with Crippen molar-refractivity contribution >= 4 is 23.1 Å².